The van der Waals surface area contributed by atoms with Crippen LogP contribution < -0.4 is 0 Å². The Kier molecular flexibility index (Phi) is 6.81. The first-order chi connectivity index (χ1) is 7.86. The molecule has 0 saturated heterocycles. The second kappa shape index (κ2) is 8.28. The Morgan fingerprint density at radius 2 is 1.56 bits per heavy atom. The number of hydrogen-bond acceptors (Lipinski definition) is 3. The lowest BCUT2D eigenvalue weighted by Crippen LogP contribution is -2.20. The Balaban J connectivity index is 2.22. The van der Waals surface area contributed by atoms with Crippen LogP contribution in [0.3, 0.4) is 0 Å². The summed E-state index contributed by atoms with van der Waals surface area (Å²) in [7, 11) is 3.39. The molecule has 1 aromatic carbocycles. The molecule has 0 bridgehead atoms. The summed E-state index contributed by atoms with van der Waals surface area (Å²) in [4.78, 5) is 0. The minimum Gasteiger partial charge on any atom is -0.384 e. The van der Waals surface area contributed by atoms with Crippen molar-refractivity contribution in [2.75, 3.05) is 34.0 Å². The van der Waals surface area contributed by atoms with Crippen LogP contribution in [-0.4, -0.2) is 34.0 Å². The highest BCUT2D eigenvalue weighted by Crippen LogP contribution is 2.04. The van der Waals surface area contributed by atoms with Gasteiger partial charge in [0.15, 0.2) is 0 Å². The molecule has 16 heavy (non-hydrogen) atoms. The molecule has 0 spiro atoms. The van der Waals surface area contributed by atoms with E-state index in [-0.39, 0.29) is 0 Å². The molecule has 0 aromatic heterocycles. The zero-order chi connectivity index (χ0) is 11.6. The SMILES string of the molecule is COCC(COC)COCc1ccccc1. The summed E-state index contributed by atoms with van der Waals surface area (Å²) in [5.74, 6) is 0.304. The number of ether oxygens (including phenoxy) is 3. The van der Waals surface area contributed by atoms with Crippen LogP contribution >= 0.6 is 0 Å². The molecule has 0 aliphatic heterocycles. The fourth-order valence-corrected chi connectivity index (χ4v) is 1.53. The van der Waals surface area contributed by atoms with Gasteiger partial charge in [0.1, 0.15) is 0 Å². The van der Waals surface area contributed by atoms with E-state index in [1.807, 2.05) is 18.2 Å². The van der Waals surface area contributed by atoms with Crippen molar-refractivity contribution in [3.8, 4) is 0 Å². The molecule has 0 fully saturated rings. The van der Waals surface area contributed by atoms with Crippen LogP contribution in [0.15, 0.2) is 30.3 Å². The van der Waals surface area contributed by atoms with Gasteiger partial charge in [0.25, 0.3) is 0 Å². The van der Waals surface area contributed by atoms with Gasteiger partial charge >= 0.3 is 0 Å². The van der Waals surface area contributed by atoms with Crippen LogP contribution in [0.1, 0.15) is 5.56 Å². The number of hydrogen-bond donors (Lipinski definition) is 0. The summed E-state index contributed by atoms with van der Waals surface area (Å²) in [5.41, 5.74) is 1.19. The van der Waals surface area contributed by atoms with E-state index in [0.29, 0.717) is 32.3 Å². The Bertz CT molecular complexity index is 255. The molecule has 0 radical (unpaired) electrons. The average molecular weight is 224 g/mol. The molecule has 1 aromatic rings. The summed E-state index contributed by atoms with van der Waals surface area (Å²) in [5, 5.41) is 0. The van der Waals surface area contributed by atoms with E-state index in [1.165, 1.54) is 5.56 Å². The Morgan fingerprint density at radius 3 is 2.12 bits per heavy atom. The van der Waals surface area contributed by atoms with Crippen molar-refractivity contribution in [3.05, 3.63) is 35.9 Å². The monoisotopic (exact) mass is 224 g/mol. The van der Waals surface area contributed by atoms with Gasteiger partial charge in [-0.1, -0.05) is 30.3 Å². The lowest BCUT2D eigenvalue weighted by molar-refractivity contribution is 0.0133. The van der Waals surface area contributed by atoms with E-state index < -0.39 is 0 Å². The fraction of sp³-hybridized carbons (Fsp3) is 0.538. The fourth-order valence-electron chi connectivity index (χ4n) is 1.53. The molecule has 3 heteroatoms. The third-order valence-corrected chi connectivity index (χ3v) is 2.27. The van der Waals surface area contributed by atoms with Crippen molar-refractivity contribution in [2.24, 2.45) is 5.92 Å². The second-order valence-electron chi connectivity index (χ2n) is 3.78. The second-order valence-corrected chi connectivity index (χ2v) is 3.78. The van der Waals surface area contributed by atoms with Crippen LogP contribution in [-0.2, 0) is 20.8 Å². The maximum atomic E-state index is 5.63. The number of rotatable bonds is 8. The Morgan fingerprint density at radius 1 is 0.938 bits per heavy atom. The van der Waals surface area contributed by atoms with Crippen molar-refractivity contribution in [1.29, 1.82) is 0 Å². The summed E-state index contributed by atoms with van der Waals surface area (Å²) in [6, 6.07) is 10.1. The molecule has 0 heterocycles. The van der Waals surface area contributed by atoms with Crippen molar-refractivity contribution in [1.82, 2.24) is 0 Å². The van der Waals surface area contributed by atoms with Gasteiger partial charge in [-0.05, 0) is 5.56 Å². The van der Waals surface area contributed by atoms with Crippen molar-refractivity contribution in [2.45, 2.75) is 6.61 Å². The van der Waals surface area contributed by atoms with Gasteiger partial charge in [-0.15, -0.1) is 0 Å². The predicted octanol–water partition coefficient (Wildman–Crippen LogP) is 2.11. The highest BCUT2D eigenvalue weighted by Gasteiger charge is 2.08. The maximum absolute atomic E-state index is 5.63. The van der Waals surface area contributed by atoms with E-state index in [1.54, 1.807) is 14.2 Å². The predicted molar refractivity (Wildman–Crippen MR) is 63.3 cm³/mol. The van der Waals surface area contributed by atoms with Crippen LogP contribution in [0.25, 0.3) is 0 Å². The van der Waals surface area contributed by atoms with Gasteiger partial charge in [-0.3, -0.25) is 0 Å². The quantitative estimate of drug-likeness (QED) is 0.677. The van der Waals surface area contributed by atoms with E-state index in [0.717, 1.165) is 0 Å². The van der Waals surface area contributed by atoms with Gasteiger partial charge in [0.05, 0.1) is 26.4 Å². The third kappa shape index (κ3) is 5.26. The Labute approximate surface area is 97.3 Å². The number of benzene rings is 1. The molecular formula is C13H20O3. The molecule has 0 unspecified atom stereocenters. The maximum Gasteiger partial charge on any atom is 0.0717 e. The molecule has 0 atom stereocenters. The van der Waals surface area contributed by atoms with E-state index in [4.69, 9.17) is 14.2 Å². The van der Waals surface area contributed by atoms with Crippen molar-refractivity contribution < 1.29 is 14.2 Å². The lowest BCUT2D eigenvalue weighted by atomic mass is 10.2. The van der Waals surface area contributed by atoms with E-state index in [9.17, 15) is 0 Å². The molecule has 0 saturated carbocycles. The molecule has 90 valence electrons. The first-order valence-electron chi connectivity index (χ1n) is 5.46. The van der Waals surface area contributed by atoms with Crippen LogP contribution in [0.5, 0.6) is 0 Å². The minimum atomic E-state index is 0.304. The normalized spacial score (nSPS) is 10.9. The molecular weight excluding hydrogens is 204 g/mol. The first kappa shape index (κ1) is 13.2. The molecule has 0 aliphatic rings. The highest BCUT2D eigenvalue weighted by atomic mass is 16.5. The summed E-state index contributed by atoms with van der Waals surface area (Å²) >= 11 is 0. The molecule has 3 nitrogen and oxygen atoms in total. The van der Waals surface area contributed by atoms with Crippen LogP contribution in [0.4, 0.5) is 0 Å². The summed E-state index contributed by atoms with van der Waals surface area (Å²) in [6.45, 7) is 2.65. The van der Waals surface area contributed by atoms with Gasteiger partial charge in [0.2, 0.25) is 0 Å². The van der Waals surface area contributed by atoms with E-state index in [2.05, 4.69) is 12.1 Å². The largest absolute Gasteiger partial charge is 0.384 e. The molecule has 0 aliphatic carbocycles. The smallest absolute Gasteiger partial charge is 0.0717 e. The van der Waals surface area contributed by atoms with Gasteiger partial charge in [-0.25, -0.2) is 0 Å². The standard InChI is InChI=1S/C13H20O3/c1-14-8-13(9-15-2)11-16-10-12-6-4-3-5-7-12/h3-7,13H,8-11H2,1-2H3. The van der Waals surface area contributed by atoms with Crippen LogP contribution in [0, 0.1) is 5.92 Å². The minimum absolute atomic E-state index is 0.304. The highest BCUT2D eigenvalue weighted by molar-refractivity contribution is 5.13. The topological polar surface area (TPSA) is 27.7 Å². The van der Waals surface area contributed by atoms with Crippen LogP contribution in [0.2, 0.25) is 0 Å². The molecule has 0 amide bonds. The third-order valence-electron chi connectivity index (χ3n) is 2.27. The van der Waals surface area contributed by atoms with Gasteiger partial charge in [0, 0.05) is 20.1 Å². The zero-order valence-corrected chi connectivity index (χ0v) is 10.0. The van der Waals surface area contributed by atoms with Gasteiger partial charge < -0.3 is 14.2 Å². The molecule has 0 N–H and O–H groups in total. The van der Waals surface area contributed by atoms with E-state index >= 15 is 0 Å². The average Bonchev–Trinajstić information content (AvgIpc) is 2.31. The summed E-state index contributed by atoms with van der Waals surface area (Å²) in [6.07, 6.45) is 0. The summed E-state index contributed by atoms with van der Waals surface area (Å²) < 4.78 is 15.8. The van der Waals surface area contributed by atoms with Crippen molar-refractivity contribution >= 4 is 0 Å². The Hall–Kier alpha value is -0.900. The van der Waals surface area contributed by atoms with Gasteiger partial charge in [-0.2, -0.15) is 0 Å². The van der Waals surface area contributed by atoms with Crippen molar-refractivity contribution in [3.63, 3.8) is 0 Å². The lowest BCUT2D eigenvalue weighted by Gasteiger charge is -2.15. The number of methoxy groups -OCH3 is 2. The molecule has 1 rings (SSSR count). The first-order valence-corrected chi connectivity index (χ1v) is 5.46. The zero-order valence-electron chi connectivity index (χ0n) is 10.0.